The van der Waals surface area contributed by atoms with E-state index in [2.05, 4.69) is 20.9 Å². The van der Waals surface area contributed by atoms with Gasteiger partial charge in [-0.15, -0.1) is 0 Å². The molecule has 0 amide bonds. The second-order valence-electron chi connectivity index (χ2n) is 4.87. The minimum Gasteiger partial charge on any atom is -0.386 e. The summed E-state index contributed by atoms with van der Waals surface area (Å²) in [5.74, 6) is -0.330. The van der Waals surface area contributed by atoms with Crippen LogP contribution in [0, 0.1) is 5.82 Å². The van der Waals surface area contributed by atoms with Crippen molar-refractivity contribution in [2.45, 2.75) is 12.5 Å². The summed E-state index contributed by atoms with van der Waals surface area (Å²) < 4.78 is 14.6. The molecule has 1 unspecified atom stereocenters. The first-order chi connectivity index (χ1) is 10.1. The van der Waals surface area contributed by atoms with Crippen molar-refractivity contribution >= 4 is 26.7 Å². The number of hydrogen-bond acceptors (Lipinski definition) is 2. The van der Waals surface area contributed by atoms with Crippen molar-refractivity contribution in [2.75, 3.05) is 0 Å². The molecule has 1 heterocycles. The van der Waals surface area contributed by atoms with E-state index in [0.29, 0.717) is 15.7 Å². The Balaban J connectivity index is 1.95. The Labute approximate surface area is 130 Å². The number of hydrogen-bond donors (Lipinski definition) is 1. The lowest BCUT2D eigenvalue weighted by molar-refractivity contribution is 0.174. The summed E-state index contributed by atoms with van der Waals surface area (Å²) in [5, 5.41) is 12.3. The molecule has 2 nitrogen and oxygen atoms in total. The molecule has 4 heteroatoms. The van der Waals surface area contributed by atoms with Gasteiger partial charge in [-0.05, 0) is 29.1 Å². The SMILES string of the molecule is OC(Cc1ccc(Br)cc1F)c1nccc2ccccc12. The van der Waals surface area contributed by atoms with Crippen molar-refractivity contribution < 1.29 is 9.50 Å². The minimum atomic E-state index is -0.841. The van der Waals surface area contributed by atoms with Crippen molar-refractivity contribution in [3.05, 3.63) is 76.3 Å². The first-order valence-corrected chi connectivity index (χ1v) is 7.40. The largest absolute Gasteiger partial charge is 0.386 e. The first-order valence-electron chi connectivity index (χ1n) is 6.61. The van der Waals surface area contributed by atoms with Crippen LogP contribution in [0.15, 0.2) is 59.2 Å². The highest BCUT2D eigenvalue weighted by Crippen LogP contribution is 2.26. The molecule has 0 spiro atoms. The lowest BCUT2D eigenvalue weighted by Gasteiger charge is -2.13. The maximum absolute atomic E-state index is 13.9. The maximum Gasteiger partial charge on any atom is 0.127 e. The Hall–Kier alpha value is -1.78. The smallest absolute Gasteiger partial charge is 0.127 e. The van der Waals surface area contributed by atoms with Gasteiger partial charge in [0, 0.05) is 22.5 Å². The van der Waals surface area contributed by atoms with Crippen LogP contribution in [0.25, 0.3) is 10.8 Å². The lowest BCUT2D eigenvalue weighted by atomic mass is 10.0. The Bertz CT molecular complexity index is 785. The summed E-state index contributed by atoms with van der Waals surface area (Å²) >= 11 is 3.23. The van der Waals surface area contributed by atoms with Gasteiger partial charge in [0.1, 0.15) is 11.9 Å². The lowest BCUT2D eigenvalue weighted by Crippen LogP contribution is -2.06. The zero-order valence-electron chi connectivity index (χ0n) is 11.1. The van der Waals surface area contributed by atoms with Crippen LogP contribution in [-0.4, -0.2) is 10.1 Å². The molecule has 21 heavy (non-hydrogen) atoms. The fourth-order valence-corrected chi connectivity index (χ4v) is 2.73. The molecular weight excluding hydrogens is 333 g/mol. The van der Waals surface area contributed by atoms with Gasteiger partial charge in [-0.25, -0.2) is 4.39 Å². The standard InChI is InChI=1S/C17H13BrFNO/c18-13-6-5-12(15(19)10-13)9-16(21)17-14-4-2-1-3-11(14)7-8-20-17/h1-8,10,16,21H,9H2. The van der Waals surface area contributed by atoms with E-state index in [4.69, 9.17) is 0 Å². The van der Waals surface area contributed by atoms with E-state index in [-0.39, 0.29) is 12.2 Å². The topological polar surface area (TPSA) is 33.1 Å². The van der Waals surface area contributed by atoms with Crippen molar-refractivity contribution in [2.24, 2.45) is 0 Å². The number of aliphatic hydroxyl groups is 1. The molecule has 3 rings (SSSR count). The molecule has 0 aliphatic rings. The summed E-state index contributed by atoms with van der Waals surface area (Å²) in [6.07, 6.45) is 1.02. The van der Waals surface area contributed by atoms with Crippen LogP contribution in [-0.2, 0) is 6.42 Å². The molecule has 0 fully saturated rings. The zero-order valence-corrected chi connectivity index (χ0v) is 12.7. The van der Waals surface area contributed by atoms with Crippen LogP contribution < -0.4 is 0 Å². The highest BCUT2D eigenvalue weighted by atomic mass is 79.9. The van der Waals surface area contributed by atoms with Gasteiger partial charge >= 0.3 is 0 Å². The van der Waals surface area contributed by atoms with Crippen LogP contribution in [0.2, 0.25) is 0 Å². The van der Waals surface area contributed by atoms with E-state index in [1.165, 1.54) is 6.07 Å². The van der Waals surface area contributed by atoms with Crippen LogP contribution in [0.5, 0.6) is 0 Å². The number of pyridine rings is 1. The molecule has 1 atom stereocenters. The number of rotatable bonds is 3. The van der Waals surface area contributed by atoms with Crippen LogP contribution >= 0.6 is 15.9 Å². The number of halogens is 2. The van der Waals surface area contributed by atoms with Gasteiger partial charge in [0.15, 0.2) is 0 Å². The monoisotopic (exact) mass is 345 g/mol. The molecule has 2 aromatic carbocycles. The normalized spacial score (nSPS) is 12.5. The molecule has 0 saturated carbocycles. The third-order valence-electron chi connectivity index (χ3n) is 3.45. The van der Waals surface area contributed by atoms with Gasteiger partial charge < -0.3 is 5.11 Å². The van der Waals surface area contributed by atoms with Crippen LogP contribution in [0.4, 0.5) is 4.39 Å². The predicted molar refractivity (Wildman–Crippen MR) is 84.5 cm³/mol. The number of fused-ring (bicyclic) bond motifs is 1. The summed E-state index contributed by atoms with van der Waals surface area (Å²) in [4.78, 5) is 4.27. The van der Waals surface area contributed by atoms with E-state index in [1.807, 2.05) is 30.3 Å². The molecule has 0 aliphatic heterocycles. The Kier molecular flexibility index (Phi) is 3.99. The van der Waals surface area contributed by atoms with Crippen LogP contribution in [0.1, 0.15) is 17.4 Å². The van der Waals surface area contributed by atoms with Gasteiger partial charge in [-0.1, -0.05) is 46.3 Å². The van der Waals surface area contributed by atoms with E-state index in [9.17, 15) is 9.50 Å². The van der Waals surface area contributed by atoms with Crippen molar-refractivity contribution in [3.63, 3.8) is 0 Å². The summed E-state index contributed by atoms with van der Waals surface area (Å²) in [5.41, 5.74) is 1.05. The summed E-state index contributed by atoms with van der Waals surface area (Å²) in [6.45, 7) is 0. The highest BCUT2D eigenvalue weighted by molar-refractivity contribution is 9.10. The van der Waals surface area contributed by atoms with E-state index >= 15 is 0 Å². The Morgan fingerprint density at radius 2 is 1.95 bits per heavy atom. The minimum absolute atomic E-state index is 0.195. The number of benzene rings is 2. The molecule has 0 bridgehead atoms. The fraction of sp³-hybridized carbons (Fsp3) is 0.118. The molecule has 106 valence electrons. The molecule has 1 N–H and O–H groups in total. The third kappa shape index (κ3) is 2.96. The van der Waals surface area contributed by atoms with Gasteiger partial charge in [0.25, 0.3) is 0 Å². The van der Waals surface area contributed by atoms with Crippen LogP contribution in [0.3, 0.4) is 0 Å². The third-order valence-corrected chi connectivity index (χ3v) is 3.94. The Morgan fingerprint density at radius 3 is 2.76 bits per heavy atom. The quantitative estimate of drug-likeness (QED) is 0.762. The van der Waals surface area contributed by atoms with Gasteiger partial charge in [-0.3, -0.25) is 4.98 Å². The van der Waals surface area contributed by atoms with Crippen molar-refractivity contribution in [1.29, 1.82) is 0 Å². The van der Waals surface area contributed by atoms with Crippen molar-refractivity contribution in [3.8, 4) is 0 Å². The molecule has 0 saturated heterocycles. The van der Waals surface area contributed by atoms with Gasteiger partial charge in [0.2, 0.25) is 0 Å². The van der Waals surface area contributed by atoms with E-state index in [1.54, 1.807) is 18.3 Å². The van der Waals surface area contributed by atoms with E-state index in [0.717, 1.165) is 10.8 Å². The maximum atomic E-state index is 13.9. The number of aliphatic hydroxyl groups excluding tert-OH is 1. The highest BCUT2D eigenvalue weighted by Gasteiger charge is 2.15. The second-order valence-corrected chi connectivity index (χ2v) is 5.79. The fourth-order valence-electron chi connectivity index (χ4n) is 2.40. The number of nitrogens with zero attached hydrogens (tertiary/aromatic N) is 1. The molecule has 0 radical (unpaired) electrons. The van der Waals surface area contributed by atoms with Gasteiger partial charge in [-0.2, -0.15) is 0 Å². The Morgan fingerprint density at radius 1 is 1.14 bits per heavy atom. The molecular formula is C17H13BrFNO. The second kappa shape index (κ2) is 5.92. The van der Waals surface area contributed by atoms with E-state index < -0.39 is 6.10 Å². The number of aromatic nitrogens is 1. The summed E-state index contributed by atoms with van der Waals surface area (Å²) in [7, 11) is 0. The molecule has 1 aromatic heterocycles. The molecule has 0 aliphatic carbocycles. The molecule has 3 aromatic rings. The average molecular weight is 346 g/mol. The zero-order chi connectivity index (χ0) is 14.8. The van der Waals surface area contributed by atoms with Gasteiger partial charge in [0.05, 0.1) is 5.69 Å². The predicted octanol–water partition coefficient (Wildman–Crippen LogP) is 4.41. The first kappa shape index (κ1) is 14.2. The summed E-state index contributed by atoms with van der Waals surface area (Å²) in [6, 6.07) is 14.5. The van der Waals surface area contributed by atoms with Crippen molar-refractivity contribution in [1.82, 2.24) is 4.98 Å². The average Bonchev–Trinajstić information content (AvgIpc) is 2.49.